The number of hydrogen-bond acceptors (Lipinski definition) is 3. The summed E-state index contributed by atoms with van der Waals surface area (Å²) in [5.74, 6) is -0.821. The molecule has 0 fully saturated rings. The van der Waals surface area contributed by atoms with Gasteiger partial charge in [-0.25, -0.2) is 4.39 Å². The molecule has 3 rings (SSSR count). The first-order valence-corrected chi connectivity index (χ1v) is 8.12. The number of carbonyl (C=O) groups is 1. The lowest BCUT2D eigenvalue weighted by Gasteiger charge is -2.10. The number of hydrogen-bond donors (Lipinski definition) is 1. The Kier molecular flexibility index (Phi) is 4.79. The van der Waals surface area contributed by atoms with E-state index < -0.39 is 11.7 Å². The largest absolute Gasteiger partial charge is 0.360 e. The normalized spacial score (nSPS) is 10.8. The molecule has 0 unspecified atom stereocenters. The molecule has 2 aromatic carbocycles. The minimum Gasteiger partial charge on any atom is -0.360 e. The van der Waals surface area contributed by atoms with Crippen molar-refractivity contribution in [2.24, 2.45) is 0 Å². The summed E-state index contributed by atoms with van der Waals surface area (Å²) in [6.45, 7) is 3.41. The monoisotopic (exact) mass is 378 g/mol. The standard InChI is InChI=1S/C18H13Cl2FN2O2/c1-9-6-7-11(19)8-14(9)22-18(24)15-10(2)25-23-17(15)16-12(20)4-3-5-13(16)21/h3-8H,1-2H3,(H,22,24). The van der Waals surface area contributed by atoms with Crippen LogP contribution in [0.2, 0.25) is 10.0 Å². The lowest BCUT2D eigenvalue weighted by atomic mass is 10.0. The van der Waals surface area contributed by atoms with Gasteiger partial charge in [-0.3, -0.25) is 4.79 Å². The SMILES string of the molecule is Cc1ccc(Cl)cc1NC(=O)c1c(-c2c(F)cccc2Cl)noc1C. The number of nitrogens with zero attached hydrogens (tertiary/aromatic N) is 1. The van der Waals surface area contributed by atoms with Gasteiger partial charge in [0.05, 0.1) is 10.6 Å². The van der Waals surface area contributed by atoms with Gasteiger partial charge in [0.15, 0.2) is 0 Å². The van der Waals surface area contributed by atoms with Crippen LogP contribution in [0.4, 0.5) is 10.1 Å². The summed E-state index contributed by atoms with van der Waals surface area (Å²) < 4.78 is 19.3. The molecule has 0 aliphatic rings. The Labute approximate surface area is 153 Å². The zero-order valence-corrected chi connectivity index (χ0v) is 14.9. The molecule has 1 amide bonds. The molecule has 0 spiro atoms. The van der Waals surface area contributed by atoms with Crippen LogP contribution in [0.3, 0.4) is 0 Å². The maximum absolute atomic E-state index is 14.2. The van der Waals surface area contributed by atoms with Crippen molar-refractivity contribution in [3.05, 3.63) is 69.1 Å². The maximum Gasteiger partial charge on any atom is 0.261 e. The number of aryl methyl sites for hydroxylation is 2. The molecule has 0 bridgehead atoms. The molecule has 4 nitrogen and oxygen atoms in total. The van der Waals surface area contributed by atoms with Crippen molar-refractivity contribution in [3.63, 3.8) is 0 Å². The Hall–Kier alpha value is -2.37. The molecule has 1 aromatic heterocycles. The van der Waals surface area contributed by atoms with E-state index in [1.165, 1.54) is 18.2 Å². The number of benzene rings is 2. The van der Waals surface area contributed by atoms with Gasteiger partial charge in [-0.05, 0) is 43.7 Å². The first kappa shape index (κ1) is 17.5. The van der Waals surface area contributed by atoms with Gasteiger partial charge in [0.2, 0.25) is 0 Å². The van der Waals surface area contributed by atoms with E-state index >= 15 is 0 Å². The second kappa shape index (κ2) is 6.86. The van der Waals surface area contributed by atoms with Crippen molar-refractivity contribution in [2.45, 2.75) is 13.8 Å². The van der Waals surface area contributed by atoms with Crippen molar-refractivity contribution >= 4 is 34.8 Å². The third kappa shape index (κ3) is 3.38. The van der Waals surface area contributed by atoms with E-state index in [2.05, 4.69) is 10.5 Å². The Morgan fingerprint density at radius 1 is 1.20 bits per heavy atom. The minimum atomic E-state index is -0.589. The average Bonchev–Trinajstić information content (AvgIpc) is 2.92. The highest BCUT2D eigenvalue weighted by Crippen LogP contribution is 2.34. The predicted molar refractivity (Wildman–Crippen MR) is 95.8 cm³/mol. The lowest BCUT2D eigenvalue weighted by molar-refractivity contribution is 0.102. The van der Waals surface area contributed by atoms with Gasteiger partial charge in [-0.1, -0.05) is 40.5 Å². The van der Waals surface area contributed by atoms with E-state index in [9.17, 15) is 9.18 Å². The summed E-state index contributed by atoms with van der Waals surface area (Å²) in [7, 11) is 0. The molecule has 0 aliphatic heterocycles. The number of nitrogens with one attached hydrogen (secondary N) is 1. The van der Waals surface area contributed by atoms with Gasteiger partial charge in [0, 0.05) is 10.7 Å². The van der Waals surface area contributed by atoms with Gasteiger partial charge < -0.3 is 9.84 Å². The van der Waals surface area contributed by atoms with E-state index in [0.29, 0.717) is 10.7 Å². The molecule has 7 heteroatoms. The van der Waals surface area contributed by atoms with Gasteiger partial charge in [-0.15, -0.1) is 0 Å². The quantitative estimate of drug-likeness (QED) is 0.639. The van der Waals surface area contributed by atoms with Crippen LogP contribution in [0.25, 0.3) is 11.3 Å². The fraction of sp³-hybridized carbons (Fsp3) is 0.111. The Morgan fingerprint density at radius 2 is 1.96 bits per heavy atom. The third-order valence-electron chi connectivity index (χ3n) is 3.74. The summed E-state index contributed by atoms with van der Waals surface area (Å²) in [6, 6.07) is 9.38. The molecule has 0 aliphatic carbocycles. The maximum atomic E-state index is 14.2. The Bertz CT molecular complexity index is 949. The number of aromatic nitrogens is 1. The molecule has 0 saturated heterocycles. The van der Waals surface area contributed by atoms with Gasteiger partial charge in [0.25, 0.3) is 5.91 Å². The Morgan fingerprint density at radius 3 is 2.68 bits per heavy atom. The summed E-state index contributed by atoms with van der Waals surface area (Å²) in [5, 5.41) is 7.20. The number of amides is 1. The van der Waals surface area contributed by atoms with Crippen LogP contribution in [-0.4, -0.2) is 11.1 Å². The van der Waals surface area contributed by atoms with E-state index in [0.717, 1.165) is 5.56 Å². The molecular weight excluding hydrogens is 366 g/mol. The highest BCUT2D eigenvalue weighted by Gasteiger charge is 2.25. The van der Waals surface area contributed by atoms with Crippen molar-refractivity contribution in [1.29, 1.82) is 0 Å². The van der Waals surface area contributed by atoms with Crippen LogP contribution in [0.1, 0.15) is 21.7 Å². The van der Waals surface area contributed by atoms with Crippen molar-refractivity contribution in [2.75, 3.05) is 5.32 Å². The molecule has 128 valence electrons. The first-order chi connectivity index (χ1) is 11.9. The fourth-order valence-electron chi connectivity index (χ4n) is 2.45. The fourth-order valence-corrected chi connectivity index (χ4v) is 2.87. The van der Waals surface area contributed by atoms with Crippen molar-refractivity contribution < 1.29 is 13.7 Å². The van der Waals surface area contributed by atoms with Crippen LogP contribution < -0.4 is 5.32 Å². The molecule has 3 aromatic rings. The van der Waals surface area contributed by atoms with Gasteiger partial charge in [-0.2, -0.15) is 0 Å². The van der Waals surface area contributed by atoms with E-state index in [1.807, 2.05) is 6.92 Å². The van der Waals surface area contributed by atoms with E-state index in [-0.39, 0.29) is 27.6 Å². The molecule has 1 heterocycles. The van der Waals surface area contributed by atoms with Crippen LogP contribution in [-0.2, 0) is 0 Å². The second-order valence-corrected chi connectivity index (χ2v) is 6.32. The number of anilines is 1. The molecule has 1 N–H and O–H groups in total. The van der Waals surface area contributed by atoms with Gasteiger partial charge in [0.1, 0.15) is 22.8 Å². The van der Waals surface area contributed by atoms with Crippen molar-refractivity contribution in [3.8, 4) is 11.3 Å². The van der Waals surface area contributed by atoms with Crippen LogP contribution in [0.15, 0.2) is 40.9 Å². The zero-order chi connectivity index (χ0) is 18.1. The Balaban J connectivity index is 2.05. The third-order valence-corrected chi connectivity index (χ3v) is 4.29. The van der Waals surface area contributed by atoms with Gasteiger partial charge >= 0.3 is 0 Å². The first-order valence-electron chi connectivity index (χ1n) is 7.36. The molecular formula is C18H13Cl2FN2O2. The van der Waals surface area contributed by atoms with Crippen LogP contribution >= 0.6 is 23.2 Å². The topological polar surface area (TPSA) is 55.1 Å². The summed E-state index contributed by atoms with van der Waals surface area (Å²) in [5.41, 5.74) is 1.57. The smallest absolute Gasteiger partial charge is 0.261 e. The lowest BCUT2D eigenvalue weighted by Crippen LogP contribution is -2.14. The zero-order valence-electron chi connectivity index (χ0n) is 13.4. The van der Waals surface area contributed by atoms with Crippen LogP contribution in [0, 0.1) is 19.7 Å². The minimum absolute atomic E-state index is 0.0222. The van der Waals surface area contributed by atoms with Crippen molar-refractivity contribution in [1.82, 2.24) is 5.16 Å². The summed E-state index contributed by atoms with van der Waals surface area (Å²) in [6.07, 6.45) is 0. The summed E-state index contributed by atoms with van der Waals surface area (Å²) in [4.78, 5) is 12.8. The number of rotatable bonds is 3. The highest BCUT2D eigenvalue weighted by atomic mass is 35.5. The molecule has 0 saturated carbocycles. The van der Waals surface area contributed by atoms with E-state index in [1.54, 1.807) is 25.1 Å². The predicted octanol–water partition coefficient (Wildman–Crippen LogP) is 5.66. The number of halogens is 3. The average molecular weight is 379 g/mol. The molecule has 25 heavy (non-hydrogen) atoms. The summed E-state index contributed by atoms with van der Waals surface area (Å²) >= 11 is 12.1. The molecule has 0 atom stereocenters. The number of carbonyl (C=O) groups excluding carboxylic acids is 1. The van der Waals surface area contributed by atoms with E-state index in [4.69, 9.17) is 27.7 Å². The molecule has 0 radical (unpaired) electrons. The van der Waals surface area contributed by atoms with Crippen LogP contribution in [0.5, 0.6) is 0 Å². The highest BCUT2D eigenvalue weighted by molar-refractivity contribution is 6.33. The second-order valence-electron chi connectivity index (χ2n) is 5.47.